The van der Waals surface area contributed by atoms with E-state index in [-0.39, 0.29) is 5.70 Å². The van der Waals surface area contributed by atoms with E-state index in [9.17, 15) is 9.59 Å². The first-order valence-corrected chi connectivity index (χ1v) is 9.92. The predicted octanol–water partition coefficient (Wildman–Crippen LogP) is 3.93. The molecular weight excluding hydrogens is 404 g/mol. The van der Waals surface area contributed by atoms with Gasteiger partial charge < -0.3 is 14.6 Å². The molecular formula is C25H24N4O3. The van der Waals surface area contributed by atoms with Crippen molar-refractivity contribution in [1.29, 1.82) is 0 Å². The Morgan fingerprint density at radius 2 is 1.72 bits per heavy atom. The van der Waals surface area contributed by atoms with E-state index in [1.54, 1.807) is 60.9 Å². The average molecular weight is 428 g/mol. The molecule has 0 aliphatic carbocycles. The monoisotopic (exact) mass is 428 g/mol. The summed E-state index contributed by atoms with van der Waals surface area (Å²) in [7, 11) is 3.89. The Kier molecular flexibility index (Phi) is 7.75. The molecule has 1 heterocycles. The SMILES string of the molecule is CN(C)c1ccc(/C=C(/NC(=O)c2ccccc2)C(=O)N/N=C/C=C/c2ccco2)cc1. The van der Waals surface area contributed by atoms with Gasteiger partial charge in [-0.15, -0.1) is 0 Å². The first-order valence-electron chi connectivity index (χ1n) is 9.92. The van der Waals surface area contributed by atoms with Crippen LogP contribution in [0.25, 0.3) is 12.2 Å². The number of nitrogens with one attached hydrogen (secondary N) is 2. The Morgan fingerprint density at radius 1 is 0.969 bits per heavy atom. The molecule has 2 amide bonds. The highest BCUT2D eigenvalue weighted by Gasteiger charge is 2.14. The lowest BCUT2D eigenvalue weighted by Crippen LogP contribution is -2.32. The second-order valence-corrected chi connectivity index (χ2v) is 6.96. The first-order chi connectivity index (χ1) is 15.5. The topological polar surface area (TPSA) is 86.9 Å². The van der Waals surface area contributed by atoms with E-state index in [1.165, 1.54) is 6.21 Å². The summed E-state index contributed by atoms with van der Waals surface area (Å²) in [6.45, 7) is 0. The number of hydrogen-bond donors (Lipinski definition) is 2. The van der Waals surface area contributed by atoms with Crippen molar-refractivity contribution in [2.75, 3.05) is 19.0 Å². The summed E-state index contributed by atoms with van der Waals surface area (Å²) < 4.78 is 5.18. The molecule has 0 fully saturated rings. The van der Waals surface area contributed by atoms with E-state index in [0.29, 0.717) is 11.3 Å². The molecule has 0 bridgehead atoms. The number of benzene rings is 2. The fraction of sp³-hybridized carbons (Fsp3) is 0.0800. The van der Waals surface area contributed by atoms with Crippen molar-refractivity contribution in [3.63, 3.8) is 0 Å². The molecule has 2 N–H and O–H groups in total. The van der Waals surface area contributed by atoms with Crippen LogP contribution in [0.1, 0.15) is 21.7 Å². The number of carbonyl (C=O) groups is 2. The zero-order valence-corrected chi connectivity index (χ0v) is 17.9. The number of rotatable bonds is 8. The maximum atomic E-state index is 12.7. The van der Waals surface area contributed by atoms with Crippen molar-refractivity contribution in [1.82, 2.24) is 10.7 Å². The molecule has 1 aromatic heterocycles. The van der Waals surface area contributed by atoms with Crippen LogP contribution in [0, 0.1) is 0 Å². The van der Waals surface area contributed by atoms with E-state index in [1.807, 2.05) is 49.3 Å². The molecule has 2 aromatic carbocycles. The van der Waals surface area contributed by atoms with Crippen molar-refractivity contribution in [3.8, 4) is 0 Å². The summed E-state index contributed by atoms with van der Waals surface area (Å²) in [5.74, 6) is -0.271. The van der Waals surface area contributed by atoms with Crippen molar-refractivity contribution in [3.05, 3.63) is 102 Å². The van der Waals surface area contributed by atoms with Crippen LogP contribution >= 0.6 is 0 Å². The van der Waals surface area contributed by atoms with E-state index in [4.69, 9.17) is 4.42 Å². The second kappa shape index (κ2) is 11.1. The van der Waals surface area contributed by atoms with E-state index >= 15 is 0 Å². The van der Waals surface area contributed by atoms with Gasteiger partial charge in [0.1, 0.15) is 11.5 Å². The summed E-state index contributed by atoms with van der Waals surface area (Å²) in [6, 6.07) is 19.8. The van der Waals surface area contributed by atoms with Gasteiger partial charge in [0, 0.05) is 31.6 Å². The number of allylic oxidation sites excluding steroid dienone is 1. The van der Waals surface area contributed by atoms with Crippen LogP contribution in [-0.2, 0) is 4.79 Å². The highest BCUT2D eigenvalue weighted by molar-refractivity contribution is 6.05. The summed E-state index contributed by atoms with van der Waals surface area (Å²) >= 11 is 0. The van der Waals surface area contributed by atoms with E-state index in [2.05, 4.69) is 15.8 Å². The van der Waals surface area contributed by atoms with Gasteiger partial charge in [-0.05, 0) is 60.2 Å². The molecule has 0 atom stereocenters. The van der Waals surface area contributed by atoms with Crippen LogP contribution in [-0.4, -0.2) is 32.1 Å². The van der Waals surface area contributed by atoms with Gasteiger partial charge in [0.15, 0.2) is 0 Å². The fourth-order valence-corrected chi connectivity index (χ4v) is 2.70. The molecule has 7 heteroatoms. The van der Waals surface area contributed by atoms with Crippen molar-refractivity contribution in [2.24, 2.45) is 5.10 Å². The molecule has 0 aliphatic heterocycles. The largest absolute Gasteiger partial charge is 0.465 e. The maximum absolute atomic E-state index is 12.7. The molecule has 0 saturated heterocycles. The number of anilines is 1. The molecule has 0 unspecified atom stereocenters. The Morgan fingerprint density at radius 3 is 2.38 bits per heavy atom. The van der Waals surface area contributed by atoms with Gasteiger partial charge in [-0.25, -0.2) is 5.43 Å². The second-order valence-electron chi connectivity index (χ2n) is 6.96. The van der Waals surface area contributed by atoms with Crippen LogP contribution in [0.2, 0.25) is 0 Å². The van der Waals surface area contributed by atoms with Crippen molar-refractivity contribution in [2.45, 2.75) is 0 Å². The normalized spacial score (nSPS) is 11.6. The number of nitrogens with zero attached hydrogens (tertiary/aromatic N) is 2. The fourth-order valence-electron chi connectivity index (χ4n) is 2.70. The lowest BCUT2D eigenvalue weighted by molar-refractivity contribution is -0.117. The summed E-state index contributed by atoms with van der Waals surface area (Å²) in [5.41, 5.74) is 4.73. The van der Waals surface area contributed by atoms with Crippen LogP contribution in [0.4, 0.5) is 5.69 Å². The van der Waals surface area contributed by atoms with Gasteiger partial charge >= 0.3 is 0 Å². The number of hydrogen-bond acceptors (Lipinski definition) is 5. The summed E-state index contributed by atoms with van der Waals surface area (Å²) in [6.07, 6.45) is 7.92. The minimum absolute atomic E-state index is 0.0728. The van der Waals surface area contributed by atoms with E-state index in [0.717, 1.165) is 11.3 Å². The van der Waals surface area contributed by atoms with Crippen LogP contribution in [0.5, 0.6) is 0 Å². The van der Waals surface area contributed by atoms with Gasteiger partial charge in [0.25, 0.3) is 11.8 Å². The molecule has 3 rings (SSSR count). The van der Waals surface area contributed by atoms with Crippen LogP contribution in [0.15, 0.2) is 94.3 Å². The summed E-state index contributed by atoms with van der Waals surface area (Å²) in [4.78, 5) is 27.3. The Hall–Kier alpha value is -4.39. The van der Waals surface area contributed by atoms with Crippen LogP contribution in [0.3, 0.4) is 0 Å². The molecule has 0 saturated carbocycles. The molecule has 0 radical (unpaired) electrons. The molecule has 0 spiro atoms. The van der Waals surface area contributed by atoms with Gasteiger partial charge in [-0.1, -0.05) is 30.3 Å². The number of amides is 2. The molecule has 32 heavy (non-hydrogen) atoms. The predicted molar refractivity (Wildman–Crippen MR) is 127 cm³/mol. The zero-order valence-electron chi connectivity index (χ0n) is 17.9. The van der Waals surface area contributed by atoms with Gasteiger partial charge in [0.2, 0.25) is 0 Å². The summed E-state index contributed by atoms with van der Waals surface area (Å²) in [5, 5.41) is 6.57. The highest BCUT2D eigenvalue weighted by Crippen LogP contribution is 2.14. The van der Waals surface area contributed by atoms with Crippen molar-refractivity contribution < 1.29 is 14.0 Å². The Balaban J connectivity index is 1.75. The maximum Gasteiger partial charge on any atom is 0.287 e. The quantitative estimate of drug-likeness (QED) is 0.323. The van der Waals surface area contributed by atoms with Gasteiger partial charge in [-0.2, -0.15) is 5.10 Å². The molecule has 162 valence electrons. The lowest BCUT2D eigenvalue weighted by Gasteiger charge is -2.12. The third-order valence-corrected chi connectivity index (χ3v) is 4.38. The first kappa shape index (κ1) is 22.3. The molecule has 7 nitrogen and oxygen atoms in total. The average Bonchev–Trinajstić information content (AvgIpc) is 3.32. The third-order valence-electron chi connectivity index (χ3n) is 4.38. The number of carbonyl (C=O) groups excluding carboxylic acids is 2. The molecule has 3 aromatic rings. The van der Waals surface area contributed by atoms with Crippen LogP contribution < -0.4 is 15.6 Å². The Bertz CT molecular complexity index is 1110. The molecule has 0 aliphatic rings. The third kappa shape index (κ3) is 6.56. The van der Waals surface area contributed by atoms with Gasteiger partial charge in [-0.3, -0.25) is 9.59 Å². The van der Waals surface area contributed by atoms with Gasteiger partial charge in [0.05, 0.1) is 6.26 Å². The number of furan rings is 1. The highest BCUT2D eigenvalue weighted by atomic mass is 16.3. The zero-order chi connectivity index (χ0) is 22.8. The Labute approximate surface area is 186 Å². The number of hydrazone groups is 1. The minimum Gasteiger partial charge on any atom is -0.465 e. The smallest absolute Gasteiger partial charge is 0.287 e. The minimum atomic E-state index is -0.548. The van der Waals surface area contributed by atoms with E-state index < -0.39 is 11.8 Å². The standard InChI is InChI=1S/C25H24N4O3/c1-29(2)21-14-12-19(13-15-21)18-23(27-24(30)20-8-4-3-5-9-20)25(31)28-26-16-6-10-22-11-7-17-32-22/h3-18H,1-2H3,(H,27,30)(H,28,31)/b10-6+,23-18+,26-16+. The lowest BCUT2D eigenvalue weighted by atomic mass is 10.1. The van der Waals surface area contributed by atoms with Crippen molar-refractivity contribution >= 4 is 35.9 Å².